The Hall–Kier alpha value is -3.67. The number of hydrogen-bond acceptors (Lipinski definition) is 3. The molecule has 1 heterocycles. The quantitative estimate of drug-likeness (QED) is 0.616. The van der Waals surface area contributed by atoms with Gasteiger partial charge in [0.15, 0.2) is 0 Å². The van der Waals surface area contributed by atoms with E-state index in [1.165, 1.54) is 6.08 Å². The fourth-order valence-corrected chi connectivity index (χ4v) is 3.15. The number of nitrogens with one attached hydrogen (secondary N) is 1. The Morgan fingerprint density at radius 1 is 1.00 bits per heavy atom. The van der Waals surface area contributed by atoms with E-state index < -0.39 is 11.9 Å². The van der Waals surface area contributed by atoms with Crippen LogP contribution < -0.4 is 5.32 Å². The van der Waals surface area contributed by atoms with Gasteiger partial charge in [-0.2, -0.15) is 5.10 Å². The average molecular weight is 403 g/mol. The lowest BCUT2D eigenvalue weighted by Gasteiger charge is -2.23. The largest absolute Gasteiger partial charge is 0.477 e. The minimum atomic E-state index is -1.22. The number of carboxylic acid groups (broad SMARTS) is 1. The fourth-order valence-electron chi connectivity index (χ4n) is 3.15. The normalized spacial score (nSPS) is 11.9. The number of hydrogen-bond donors (Lipinski definition) is 2. The Kier molecular flexibility index (Phi) is 5.87. The monoisotopic (exact) mass is 403 g/mol. The number of amides is 1. The molecule has 2 N–H and O–H groups in total. The molecule has 30 heavy (non-hydrogen) atoms. The number of aryl methyl sites for hydroxylation is 1. The van der Waals surface area contributed by atoms with Crippen molar-refractivity contribution in [2.24, 2.45) is 0 Å². The van der Waals surface area contributed by atoms with Gasteiger partial charge in [-0.05, 0) is 45.9 Å². The van der Waals surface area contributed by atoms with Crippen molar-refractivity contribution in [2.75, 3.05) is 0 Å². The third-order valence-electron chi connectivity index (χ3n) is 4.59. The summed E-state index contributed by atoms with van der Waals surface area (Å²) >= 11 is 0. The van der Waals surface area contributed by atoms with Crippen LogP contribution in [0, 0.1) is 6.92 Å². The highest BCUT2D eigenvalue weighted by Crippen LogP contribution is 2.32. The van der Waals surface area contributed by atoms with E-state index in [1.54, 1.807) is 30.3 Å². The first-order chi connectivity index (χ1) is 14.2. The van der Waals surface area contributed by atoms with E-state index in [1.807, 2.05) is 62.7 Å². The molecule has 0 radical (unpaired) electrons. The van der Waals surface area contributed by atoms with Gasteiger partial charge in [-0.25, -0.2) is 4.79 Å². The Labute approximate surface area is 175 Å². The van der Waals surface area contributed by atoms with Gasteiger partial charge in [0.05, 0.1) is 16.9 Å². The maximum absolute atomic E-state index is 12.5. The highest BCUT2D eigenvalue weighted by molar-refractivity contribution is 6.03. The summed E-state index contributed by atoms with van der Waals surface area (Å²) in [6.07, 6.45) is 1.48. The Bertz CT molecular complexity index is 1090. The molecular weight excluding hydrogens is 378 g/mol. The zero-order chi connectivity index (χ0) is 21.9. The minimum absolute atomic E-state index is 0.211. The number of rotatable bonds is 5. The van der Waals surface area contributed by atoms with Crippen molar-refractivity contribution in [1.29, 1.82) is 0 Å². The zero-order valence-corrected chi connectivity index (χ0v) is 17.5. The molecule has 0 bridgehead atoms. The summed E-state index contributed by atoms with van der Waals surface area (Å²) in [5.74, 6) is -1.70. The van der Waals surface area contributed by atoms with Gasteiger partial charge in [0, 0.05) is 16.7 Å². The van der Waals surface area contributed by atoms with Gasteiger partial charge in [-0.3, -0.25) is 9.48 Å². The molecular formula is C24H25N3O3. The number of carbonyl (C=O) groups is 2. The van der Waals surface area contributed by atoms with Crippen molar-refractivity contribution in [2.45, 2.75) is 33.2 Å². The fraction of sp³-hybridized carbons (Fsp3) is 0.208. The van der Waals surface area contributed by atoms with Crippen LogP contribution in [0.15, 0.2) is 66.4 Å². The second-order valence-corrected chi connectivity index (χ2v) is 7.98. The SMILES string of the molecule is Cc1nn(C(C)(C)C)c(-c2ccccc2)c1/C=C(/NC(=O)c1ccccc1)C(=O)O. The summed E-state index contributed by atoms with van der Waals surface area (Å²) in [5.41, 5.74) is 2.90. The molecule has 0 unspecified atom stereocenters. The standard InChI is InChI=1S/C24H25N3O3/c1-16-19(15-20(23(29)30)25-22(28)18-13-9-6-10-14-18)21(17-11-7-5-8-12-17)27(26-16)24(2,3)4/h5-15H,1-4H3,(H,25,28)(H,29,30)/b20-15+. The van der Waals surface area contributed by atoms with Gasteiger partial charge in [0.1, 0.15) is 5.70 Å². The molecule has 2 aromatic carbocycles. The van der Waals surface area contributed by atoms with Gasteiger partial charge < -0.3 is 10.4 Å². The van der Waals surface area contributed by atoms with Crippen molar-refractivity contribution in [3.05, 3.63) is 83.2 Å². The molecule has 0 aliphatic rings. The van der Waals surface area contributed by atoms with E-state index in [2.05, 4.69) is 10.4 Å². The zero-order valence-electron chi connectivity index (χ0n) is 17.5. The van der Waals surface area contributed by atoms with Gasteiger partial charge >= 0.3 is 5.97 Å². The molecule has 0 saturated heterocycles. The molecule has 0 saturated carbocycles. The van der Waals surface area contributed by atoms with Crippen LogP contribution in [0.1, 0.15) is 42.4 Å². The Morgan fingerprint density at radius 2 is 1.57 bits per heavy atom. The lowest BCUT2D eigenvalue weighted by molar-refractivity contribution is -0.132. The highest BCUT2D eigenvalue weighted by Gasteiger charge is 2.25. The van der Waals surface area contributed by atoms with Crippen LogP contribution in [0.2, 0.25) is 0 Å². The van der Waals surface area contributed by atoms with Crippen LogP contribution >= 0.6 is 0 Å². The predicted molar refractivity (Wildman–Crippen MR) is 117 cm³/mol. The maximum Gasteiger partial charge on any atom is 0.352 e. The number of benzene rings is 2. The summed E-state index contributed by atoms with van der Waals surface area (Å²) < 4.78 is 1.89. The summed E-state index contributed by atoms with van der Waals surface area (Å²) in [4.78, 5) is 24.4. The van der Waals surface area contributed by atoms with Crippen LogP contribution in [-0.2, 0) is 10.3 Å². The maximum atomic E-state index is 12.5. The smallest absolute Gasteiger partial charge is 0.352 e. The van der Waals surface area contributed by atoms with Crippen LogP contribution in [0.4, 0.5) is 0 Å². The van der Waals surface area contributed by atoms with Crippen molar-refractivity contribution in [3.8, 4) is 11.3 Å². The minimum Gasteiger partial charge on any atom is -0.477 e. The molecule has 0 fully saturated rings. The van der Waals surface area contributed by atoms with Crippen molar-refractivity contribution < 1.29 is 14.7 Å². The molecule has 0 aliphatic heterocycles. The van der Waals surface area contributed by atoms with E-state index in [0.717, 1.165) is 11.3 Å². The lowest BCUT2D eigenvalue weighted by Crippen LogP contribution is -2.27. The summed E-state index contributed by atoms with van der Waals surface area (Å²) in [6, 6.07) is 18.2. The van der Waals surface area contributed by atoms with Crippen molar-refractivity contribution >= 4 is 18.0 Å². The van der Waals surface area contributed by atoms with E-state index in [-0.39, 0.29) is 11.2 Å². The molecule has 154 valence electrons. The van der Waals surface area contributed by atoms with E-state index in [0.29, 0.717) is 16.8 Å². The topological polar surface area (TPSA) is 84.2 Å². The molecule has 1 amide bonds. The predicted octanol–water partition coefficient (Wildman–Crippen LogP) is 4.47. The molecule has 0 spiro atoms. The molecule has 1 aromatic heterocycles. The summed E-state index contributed by atoms with van der Waals surface area (Å²) in [5, 5.41) is 16.9. The van der Waals surface area contributed by atoms with E-state index in [4.69, 9.17) is 0 Å². The number of carboxylic acids is 1. The van der Waals surface area contributed by atoms with Crippen LogP contribution in [0.25, 0.3) is 17.3 Å². The summed E-state index contributed by atoms with van der Waals surface area (Å²) in [6.45, 7) is 7.94. The van der Waals surface area contributed by atoms with Gasteiger partial charge in [-0.1, -0.05) is 48.5 Å². The van der Waals surface area contributed by atoms with Crippen LogP contribution in [0.3, 0.4) is 0 Å². The Morgan fingerprint density at radius 3 is 2.10 bits per heavy atom. The van der Waals surface area contributed by atoms with Gasteiger partial charge in [0.2, 0.25) is 0 Å². The second kappa shape index (κ2) is 8.37. The number of aliphatic carboxylic acids is 1. The average Bonchev–Trinajstić information content (AvgIpc) is 3.05. The van der Waals surface area contributed by atoms with Crippen molar-refractivity contribution in [3.63, 3.8) is 0 Å². The number of aromatic nitrogens is 2. The number of carbonyl (C=O) groups excluding carboxylic acids is 1. The molecule has 0 atom stereocenters. The summed E-state index contributed by atoms with van der Waals surface area (Å²) in [7, 11) is 0. The van der Waals surface area contributed by atoms with E-state index >= 15 is 0 Å². The highest BCUT2D eigenvalue weighted by atomic mass is 16.4. The third kappa shape index (κ3) is 4.49. The first-order valence-corrected chi connectivity index (χ1v) is 9.65. The molecule has 3 rings (SSSR count). The first-order valence-electron chi connectivity index (χ1n) is 9.65. The van der Waals surface area contributed by atoms with Gasteiger partial charge in [-0.15, -0.1) is 0 Å². The second-order valence-electron chi connectivity index (χ2n) is 7.98. The molecule has 0 aliphatic carbocycles. The van der Waals surface area contributed by atoms with Crippen LogP contribution in [0.5, 0.6) is 0 Å². The molecule has 6 nitrogen and oxygen atoms in total. The lowest BCUT2D eigenvalue weighted by atomic mass is 10.0. The molecule has 6 heteroatoms. The van der Waals surface area contributed by atoms with Crippen molar-refractivity contribution in [1.82, 2.24) is 15.1 Å². The third-order valence-corrected chi connectivity index (χ3v) is 4.59. The number of nitrogens with zero attached hydrogens (tertiary/aromatic N) is 2. The van der Waals surface area contributed by atoms with Crippen LogP contribution in [-0.4, -0.2) is 26.8 Å². The molecule has 3 aromatic rings. The first kappa shape index (κ1) is 21.0. The Balaban J connectivity index is 2.13. The van der Waals surface area contributed by atoms with Gasteiger partial charge in [0.25, 0.3) is 5.91 Å². The van der Waals surface area contributed by atoms with E-state index in [9.17, 15) is 14.7 Å².